The molecule has 4 heteroatoms. The first-order valence-electron chi connectivity index (χ1n) is 5.25. The molecule has 0 unspecified atom stereocenters. The Morgan fingerprint density at radius 3 is 2.38 bits per heavy atom. The average molecular weight is 233 g/mol. The lowest BCUT2D eigenvalue weighted by atomic mass is 10.1. The van der Waals surface area contributed by atoms with Crippen LogP contribution in [0.4, 0.5) is 5.13 Å². The van der Waals surface area contributed by atoms with Crippen LogP contribution in [0.3, 0.4) is 0 Å². The van der Waals surface area contributed by atoms with Crippen molar-refractivity contribution in [2.45, 2.75) is 27.3 Å². The molecular formula is C12H15N3S. The summed E-state index contributed by atoms with van der Waals surface area (Å²) in [5.41, 5.74) is 3.88. The molecule has 0 saturated carbocycles. The Morgan fingerprint density at radius 1 is 1.12 bits per heavy atom. The van der Waals surface area contributed by atoms with Gasteiger partial charge in [0.25, 0.3) is 0 Å². The normalized spacial score (nSPS) is 10.4. The molecule has 1 N–H and O–H groups in total. The predicted molar refractivity (Wildman–Crippen MR) is 67.9 cm³/mol. The van der Waals surface area contributed by atoms with Gasteiger partial charge >= 0.3 is 0 Å². The number of rotatable bonds is 3. The third kappa shape index (κ3) is 2.79. The fraction of sp³-hybridized carbons (Fsp3) is 0.333. The maximum atomic E-state index is 4.27. The first kappa shape index (κ1) is 11.1. The largest absolute Gasteiger partial charge is 0.356 e. The Morgan fingerprint density at radius 2 is 1.81 bits per heavy atom. The quantitative estimate of drug-likeness (QED) is 0.885. The summed E-state index contributed by atoms with van der Waals surface area (Å²) >= 11 is 1.40. The summed E-state index contributed by atoms with van der Waals surface area (Å²) in [7, 11) is 0. The maximum Gasteiger partial charge on any atom is 0.202 e. The van der Waals surface area contributed by atoms with Gasteiger partial charge in [0.1, 0.15) is 5.82 Å². The second-order valence-electron chi connectivity index (χ2n) is 4.00. The minimum atomic E-state index is 0.803. The van der Waals surface area contributed by atoms with Crippen molar-refractivity contribution in [3.63, 3.8) is 0 Å². The Kier molecular flexibility index (Phi) is 3.19. The van der Waals surface area contributed by atoms with Crippen LogP contribution in [-0.4, -0.2) is 9.36 Å². The van der Waals surface area contributed by atoms with Crippen molar-refractivity contribution < 1.29 is 0 Å². The molecule has 3 nitrogen and oxygen atoms in total. The molecule has 0 amide bonds. The van der Waals surface area contributed by atoms with Crippen LogP contribution in [0.2, 0.25) is 0 Å². The lowest BCUT2D eigenvalue weighted by Gasteiger charge is -2.05. The van der Waals surface area contributed by atoms with E-state index in [-0.39, 0.29) is 0 Å². The second kappa shape index (κ2) is 4.61. The standard InChI is InChI=1S/C12H15N3S/c1-8-4-9(2)6-11(5-8)7-13-12-14-10(3)15-16-12/h4-6H,7H2,1-3H3,(H,13,14,15). The fourth-order valence-electron chi connectivity index (χ4n) is 1.72. The first-order chi connectivity index (χ1) is 7.63. The van der Waals surface area contributed by atoms with E-state index in [2.05, 4.69) is 46.7 Å². The summed E-state index contributed by atoms with van der Waals surface area (Å²) in [5, 5.41) is 4.17. The van der Waals surface area contributed by atoms with Gasteiger partial charge in [0.2, 0.25) is 5.13 Å². The summed E-state index contributed by atoms with van der Waals surface area (Å²) in [6.45, 7) is 6.94. The van der Waals surface area contributed by atoms with Crippen LogP contribution in [0.1, 0.15) is 22.5 Å². The van der Waals surface area contributed by atoms with Crippen LogP contribution in [-0.2, 0) is 6.54 Å². The third-order valence-electron chi connectivity index (χ3n) is 2.25. The summed E-state index contributed by atoms with van der Waals surface area (Å²) in [6.07, 6.45) is 0. The van der Waals surface area contributed by atoms with E-state index in [0.29, 0.717) is 0 Å². The van der Waals surface area contributed by atoms with Crippen molar-refractivity contribution >= 4 is 16.7 Å². The molecule has 16 heavy (non-hydrogen) atoms. The van der Waals surface area contributed by atoms with Gasteiger partial charge in [0.15, 0.2) is 0 Å². The molecule has 0 spiro atoms. The molecule has 2 rings (SSSR count). The smallest absolute Gasteiger partial charge is 0.202 e. The third-order valence-corrected chi connectivity index (χ3v) is 3.02. The van der Waals surface area contributed by atoms with Crippen molar-refractivity contribution in [3.8, 4) is 0 Å². The lowest BCUT2D eigenvalue weighted by Crippen LogP contribution is -1.99. The molecule has 1 aromatic heterocycles. The van der Waals surface area contributed by atoms with Crippen LogP contribution in [0.25, 0.3) is 0 Å². The number of aromatic nitrogens is 2. The van der Waals surface area contributed by atoms with Gasteiger partial charge < -0.3 is 5.32 Å². The van der Waals surface area contributed by atoms with Gasteiger partial charge in [0, 0.05) is 18.1 Å². The summed E-state index contributed by atoms with van der Waals surface area (Å²) in [6, 6.07) is 6.56. The van der Waals surface area contributed by atoms with Crippen molar-refractivity contribution in [3.05, 3.63) is 40.7 Å². The van der Waals surface area contributed by atoms with E-state index in [1.165, 1.54) is 28.2 Å². The molecule has 0 radical (unpaired) electrons. The average Bonchev–Trinajstić information content (AvgIpc) is 2.60. The highest BCUT2D eigenvalue weighted by molar-refractivity contribution is 7.09. The van der Waals surface area contributed by atoms with E-state index in [1.54, 1.807) is 0 Å². The van der Waals surface area contributed by atoms with Crippen molar-refractivity contribution in [1.82, 2.24) is 9.36 Å². The highest BCUT2D eigenvalue weighted by Gasteiger charge is 2.00. The number of aryl methyl sites for hydroxylation is 3. The summed E-state index contributed by atoms with van der Waals surface area (Å²) < 4.78 is 4.13. The fourth-order valence-corrected chi connectivity index (χ4v) is 2.29. The first-order valence-corrected chi connectivity index (χ1v) is 6.02. The number of benzene rings is 1. The topological polar surface area (TPSA) is 37.8 Å². The second-order valence-corrected chi connectivity index (χ2v) is 4.75. The zero-order valence-corrected chi connectivity index (χ0v) is 10.6. The van der Waals surface area contributed by atoms with E-state index < -0.39 is 0 Å². The Hall–Kier alpha value is -1.42. The van der Waals surface area contributed by atoms with E-state index in [1.807, 2.05) is 6.92 Å². The summed E-state index contributed by atoms with van der Waals surface area (Å²) in [4.78, 5) is 4.27. The molecule has 0 saturated heterocycles. The molecule has 84 valence electrons. The van der Waals surface area contributed by atoms with Crippen LogP contribution in [0.5, 0.6) is 0 Å². The minimum absolute atomic E-state index is 0.803. The highest BCUT2D eigenvalue weighted by atomic mass is 32.1. The molecule has 2 aromatic rings. The van der Waals surface area contributed by atoms with Crippen LogP contribution < -0.4 is 5.32 Å². The molecule has 0 aliphatic heterocycles. The molecule has 0 atom stereocenters. The van der Waals surface area contributed by atoms with E-state index >= 15 is 0 Å². The van der Waals surface area contributed by atoms with Crippen molar-refractivity contribution in [1.29, 1.82) is 0 Å². The Labute approximate surface area is 99.7 Å². The van der Waals surface area contributed by atoms with E-state index in [4.69, 9.17) is 0 Å². The lowest BCUT2D eigenvalue weighted by molar-refractivity contribution is 1.09. The van der Waals surface area contributed by atoms with Crippen LogP contribution in [0.15, 0.2) is 18.2 Å². The molecule has 0 aliphatic rings. The predicted octanol–water partition coefficient (Wildman–Crippen LogP) is 3.08. The molecule has 0 aliphatic carbocycles. The summed E-state index contributed by atoms with van der Waals surface area (Å²) in [5.74, 6) is 0.827. The number of nitrogens with one attached hydrogen (secondary N) is 1. The van der Waals surface area contributed by atoms with Gasteiger partial charge in [-0.15, -0.1) is 0 Å². The van der Waals surface area contributed by atoms with Crippen LogP contribution in [0, 0.1) is 20.8 Å². The van der Waals surface area contributed by atoms with Gasteiger partial charge in [-0.1, -0.05) is 29.3 Å². The molecular weight excluding hydrogens is 218 g/mol. The highest BCUT2D eigenvalue weighted by Crippen LogP contribution is 2.14. The number of hydrogen-bond acceptors (Lipinski definition) is 4. The monoisotopic (exact) mass is 233 g/mol. The zero-order valence-electron chi connectivity index (χ0n) is 9.74. The number of anilines is 1. The van der Waals surface area contributed by atoms with Gasteiger partial charge in [-0.3, -0.25) is 0 Å². The van der Waals surface area contributed by atoms with Gasteiger partial charge in [-0.2, -0.15) is 4.37 Å². The van der Waals surface area contributed by atoms with Crippen molar-refractivity contribution in [2.24, 2.45) is 0 Å². The Balaban J connectivity index is 2.04. The number of nitrogens with zero attached hydrogens (tertiary/aromatic N) is 2. The minimum Gasteiger partial charge on any atom is -0.356 e. The van der Waals surface area contributed by atoms with E-state index in [0.717, 1.165) is 17.5 Å². The molecule has 1 aromatic carbocycles. The maximum absolute atomic E-state index is 4.27. The Bertz CT molecular complexity index is 471. The molecule has 0 fully saturated rings. The van der Waals surface area contributed by atoms with Gasteiger partial charge in [0.05, 0.1) is 0 Å². The SMILES string of the molecule is Cc1cc(C)cc(CNc2nc(C)ns2)c1. The van der Waals surface area contributed by atoms with E-state index in [9.17, 15) is 0 Å². The zero-order chi connectivity index (χ0) is 11.5. The molecule has 0 bridgehead atoms. The van der Waals surface area contributed by atoms with Gasteiger partial charge in [-0.25, -0.2) is 4.98 Å². The molecule has 1 heterocycles. The van der Waals surface area contributed by atoms with Crippen LogP contribution >= 0.6 is 11.5 Å². The number of hydrogen-bond donors (Lipinski definition) is 1. The van der Waals surface area contributed by atoms with Crippen molar-refractivity contribution in [2.75, 3.05) is 5.32 Å². The van der Waals surface area contributed by atoms with Gasteiger partial charge in [-0.05, 0) is 26.3 Å².